The number of carbonyl (C=O) groups is 10. The summed E-state index contributed by atoms with van der Waals surface area (Å²) in [6.45, 7) is 10.5. The molecule has 67 heavy (non-hydrogen) atoms. The Hall–Kier alpha value is -6.31. The van der Waals surface area contributed by atoms with Crippen LogP contribution in [-0.4, -0.2) is 123 Å². The van der Waals surface area contributed by atoms with E-state index in [2.05, 4.69) is 31.9 Å². The van der Waals surface area contributed by atoms with Crippen LogP contribution < -0.4 is 31.9 Å². The summed E-state index contributed by atoms with van der Waals surface area (Å²) in [4.78, 5) is 128. The molecule has 0 saturated carbocycles. The van der Waals surface area contributed by atoms with E-state index >= 15 is 0 Å². The van der Waals surface area contributed by atoms with Gasteiger partial charge in [-0.2, -0.15) is 11.8 Å². The molecule has 0 bridgehead atoms. The second kappa shape index (κ2) is 28.7. The molecule has 0 radical (unpaired) electrons. The van der Waals surface area contributed by atoms with Gasteiger partial charge < -0.3 is 52.0 Å². The van der Waals surface area contributed by atoms with Crippen LogP contribution in [0.5, 0.6) is 0 Å². The maximum atomic E-state index is 14.4. The predicted octanol–water partition coefficient (Wildman–Crippen LogP) is 2.31. The van der Waals surface area contributed by atoms with E-state index in [9.17, 15) is 58.2 Å². The summed E-state index contributed by atoms with van der Waals surface area (Å²) < 4.78 is 0. The van der Waals surface area contributed by atoms with Crippen LogP contribution in [0.15, 0.2) is 54.6 Å². The van der Waals surface area contributed by atoms with E-state index in [1.165, 1.54) is 17.3 Å². The highest BCUT2D eigenvalue weighted by molar-refractivity contribution is 7.99. The van der Waals surface area contributed by atoms with Crippen LogP contribution in [0, 0.1) is 18.3 Å². The Morgan fingerprint density at radius 1 is 0.642 bits per heavy atom. The van der Waals surface area contributed by atoms with Crippen molar-refractivity contribution in [2.45, 2.75) is 136 Å². The van der Waals surface area contributed by atoms with Crippen molar-refractivity contribution in [2.24, 2.45) is 11.3 Å². The molecule has 6 amide bonds. The minimum Gasteiger partial charge on any atom is -0.481 e. The van der Waals surface area contributed by atoms with Crippen molar-refractivity contribution >= 4 is 71.4 Å². The van der Waals surface area contributed by atoms with Crippen molar-refractivity contribution in [1.82, 2.24) is 31.9 Å². The third-order valence-corrected chi connectivity index (χ3v) is 11.5. The molecular formula is C47H66N6O13S. The quantitative estimate of drug-likeness (QED) is 0.0401. The molecule has 0 heterocycles. The van der Waals surface area contributed by atoms with E-state index in [4.69, 9.17) is 5.11 Å². The first-order chi connectivity index (χ1) is 31.5. The number of aliphatic carboxylic acids is 3. The summed E-state index contributed by atoms with van der Waals surface area (Å²) in [5, 5.41) is 43.0. The molecule has 6 atom stereocenters. The number of nitrogens with one attached hydrogen (secondary N) is 6. The highest BCUT2D eigenvalue weighted by Crippen LogP contribution is 2.21. The van der Waals surface area contributed by atoms with Crippen LogP contribution >= 0.6 is 11.8 Å². The van der Waals surface area contributed by atoms with E-state index in [0.717, 1.165) is 24.2 Å². The number of rotatable bonds is 30. The van der Waals surface area contributed by atoms with Gasteiger partial charge in [0.15, 0.2) is 0 Å². The molecule has 0 unspecified atom stereocenters. The third kappa shape index (κ3) is 22.2. The fourth-order valence-corrected chi connectivity index (χ4v) is 7.66. The van der Waals surface area contributed by atoms with Gasteiger partial charge in [-0.25, -0.2) is 0 Å². The van der Waals surface area contributed by atoms with Gasteiger partial charge in [0.25, 0.3) is 0 Å². The van der Waals surface area contributed by atoms with Crippen molar-refractivity contribution in [3.63, 3.8) is 0 Å². The van der Waals surface area contributed by atoms with Crippen molar-refractivity contribution in [3.8, 4) is 0 Å². The van der Waals surface area contributed by atoms with Gasteiger partial charge in [-0.1, -0.05) is 89.2 Å². The average molecular weight is 955 g/mol. The van der Waals surface area contributed by atoms with Gasteiger partial charge in [0, 0.05) is 25.0 Å². The predicted molar refractivity (Wildman–Crippen MR) is 250 cm³/mol. The molecule has 9 N–H and O–H groups in total. The SMILES string of the molecule is Cc1ccccc1C[C@H](NC(=O)[C@H](CCC(=O)O)NC(=O)[C@H](CC(=O)O)NC(=O)CCC(=O)O)C(=O)N[C@H](C(=O)N[C@@H](CC(C)C)C(=O)N[C@H](C=O)CSCCCc1ccccc1)C(C)(C)C. The molecule has 2 rings (SSSR count). The highest BCUT2D eigenvalue weighted by Gasteiger charge is 2.38. The maximum absolute atomic E-state index is 14.4. The number of aryl methyl sites for hydroxylation is 2. The fraction of sp³-hybridized carbons (Fsp3) is 0.532. The molecule has 0 fully saturated rings. The van der Waals surface area contributed by atoms with Gasteiger partial charge in [-0.05, 0) is 66.4 Å². The zero-order valence-electron chi connectivity index (χ0n) is 38.9. The Bertz CT molecular complexity index is 2030. The number of aldehydes is 1. The van der Waals surface area contributed by atoms with Gasteiger partial charge in [-0.15, -0.1) is 0 Å². The van der Waals surface area contributed by atoms with Crippen LogP contribution in [-0.2, 0) is 60.8 Å². The van der Waals surface area contributed by atoms with Crippen molar-refractivity contribution in [3.05, 3.63) is 71.3 Å². The first-order valence-corrected chi connectivity index (χ1v) is 23.2. The van der Waals surface area contributed by atoms with E-state index in [-0.39, 0.29) is 18.8 Å². The molecule has 0 saturated heterocycles. The molecule has 368 valence electrons. The topological polar surface area (TPSA) is 304 Å². The summed E-state index contributed by atoms with van der Waals surface area (Å²) in [6.07, 6.45) is -0.980. The maximum Gasteiger partial charge on any atom is 0.305 e. The Morgan fingerprint density at radius 3 is 1.79 bits per heavy atom. The van der Waals surface area contributed by atoms with E-state index in [0.29, 0.717) is 17.6 Å². The lowest BCUT2D eigenvalue weighted by molar-refractivity contribution is -0.142. The lowest BCUT2D eigenvalue weighted by atomic mass is 9.85. The van der Waals surface area contributed by atoms with Crippen LogP contribution in [0.3, 0.4) is 0 Å². The molecule has 2 aromatic rings. The van der Waals surface area contributed by atoms with E-state index in [1.807, 2.05) is 44.2 Å². The fourth-order valence-electron chi connectivity index (χ4n) is 6.73. The summed E-state index contributed by atoms with van der Waals surface area (Å²) in [7, 11) is 0. The minimum absolute atomic E-state index is 0.0864. The van der Waals surface area contributed by atoms with Gasteiger partial charge in [-0.3, -0.25) is 43.2 Å². The van der Waals surface area contributed by atoms with Gasteiger partial charge >= 0.3 is 17.9 Å². The molecule has 19 nitrogen and oxygen atoms in total. The molecule has 0 aliphatic carbocycles. The number of carboxylic acids is 3. The average Bonchev–Trinajstić information content (AvgIpc) is 3.24. The molecule has 20 heteroatoms. The largest absolute Gasteiger partial charge is 0.481 e. The standard InChI is InChI=1S/C47H66N6O13S/c1-28(2)23-34(43(63)48-32(26-54)27-67-22-12-16-30-14-8-7-9-15-30)52-46(66)41(47(4,5)6)53-45(65)35(24-31-17-11-10-13-29(31)3)51-42(62)33(18-20-38(56)57)50-44(64)36(25-40(60)61)49-37(55)19-21-39(58)59/h7-11,13-15,17,26,28,32-36,41H,12,16,18-25,27H2,1-6H3,(H,48,63)(H,49,55)(H,50,64)(H,51,62)(H,52,66)(H,53,65)(H,56,57)(H,58,59)(H,60,61)/t32-,33+,34+,35+,36+,41-/m1/s1. The second-order valence-electron chi connectivity index (χ2n) is 17.7. The van der Waals surface area contributed by atoms with Crippen LogP contribution in [0.2, 0.25) is 0 Å². The first kappa shape index (κ1) is 56.8. The molecule has 2 aromatic carbocycles. The number of carbonyl (C=O) groups excluding carboxylic acids is 7. The van der Waals surface area contributed by atoms with Gasteiger partial charge in [0.1, 0.15) is 36.5 Å². The molecule has 0 aliphatic heterocycles. The normalized spacial score (nSPS) is 13.9. The Balaban J connectivity index is 2.36. The number of hydrogen-bond donors (Lipinski definition) is 9. The number of thioether (sulfide) groups is 1. The monoisotopic (exact) mass is 954 g/mol. The van der Waals surface area contributed by atoms with E-state index in [1.54, 1.807) is 52.0 Å². The van der Waals surface area contributed by atoms with Crippen LogP contribution in [0.4, 0.5) is 0 Å². The van der Waals surface area contributed by atoms with Crippen molar-refractivity contribution in [1.29, 1.82) is 0 Å². The first-order valence-electron chi connectivity index (χ1n) is 22.1. The Labute approximate surface area is 395 Å². The van der Waals surface area contributed by atoms with Crippen molar-refractivity contribution < 1.29 is 63.3 Å². The van der Waals surface area contributed by atoms with Gasteiger partial charge in [0.2, 0.25) is 35.4 Å². The second-order valence-corrected chi connectivity index (χ2v) is 18.9. The van der Waals surface area contributed by atoms with E-state index < -0.39 is 127 Å². The number of carboxylic acid groups (broad SMARTS) is 3. The highest BCUT2D eigenvalue weighted by atomic mass is 32.2. The lowest BCUT2D eigenvalue weighted by Gasteiger charge is -2.33. The minimum atomic E-state index is -1.80. The molecule has 0 aliphatic rings. The lowest BCUT2D eigenvalue weighted by Crippen LogP contribution is -2.62. The van der Waals surface area contributed by atoms with Gasteiger partial charge in [0.05, 0.1) is 18.9 Å². The van der Waals surface area contributed by atoms with Crippen LogP contribution in [0.25, 0.3) is 0 Å². The molecule has 0 spiro atoms. The summed E-state index contributed by atoms with van der Waals surface area (Å²) in [5.41, 5.74) is 1.53. The summed E-state index contributed by atoms with van der Waals surface area (Å²) in [6, 6.07) is 8.68. The smallest absolute Gasteiger partial charge is 0.305 e. The Morgan fingerprint density at radius 2 is 1.21 bits per heavy atom. The zero-order chi connectivity index (χ0) is 50.3. The number of hydrogen-bond acceptors (Lipinski definition) is 11. The third-order valence-electron chi connectivity index (χ3n) is 10.3. The molecule has 0 aromatic heterocycles. The van der Waals surface area contributed by atoms with Crippen LogP contribution in [0.1, 0.15) is 96.3 Å². The Kier molecular flexibility index (Phi) is 24.3. The summed E-state index contributed by atoms with van der Waals surface area (Å²) >= 11 is 1.52. The van der Waals surface area contributed by atoms with Crippen molar-refractivity contribution in [2.75, 3.05) is 11.5 Å². The summed E-state index contributed by atoms with van der Waals surface area (Å²) in [5.74, 6) is -8.64. The number of benzene rings is 2. The number of amides is 6. The zero-order valence-corrected chi connectivity index (χ0v) is 39.7. The molecular weight excluding hydrogens is 889 g/mol.